The highest BCUT2D eigenvalue weighted by molar-refractivity contribution is 7.91. The van der Waals surface area contributed by atoms with Gasteiger partial charge in [0.15, 0.2) is 9.84 Å². The molecule has 0 spiro atoms. The zero-order chi connectivity index (χ0) is 16.2. The Labute approximate surface area is 134 Å². The molecule has 2 rings (SSSR count). The maximum Gasteiger partial charge on any atom is 0.234 e. The van der Waals surface area contributed by atoms with E-state index in [1.165, 1.54) is 19.3 Å². The predicted octanol–water partition coefficient (Wildman–Crippen LogP) is 0.0959. The van der Waals surface area contributed by atoms with Crippen LogP contribution in [-0.2, 0) is 14.6 Å². The molecule has 0 aliphatic carbocycles. The van der Waals surface area contributed by atoms with Gasteiger partial charge >= 0.3 is 0 Å². The van der Waals surface area contributed by atoms with Gasteiger partial charge in [0.25, 0.3) is 0 Å². The first-order chi connectivity index (χ1) is 10.4. The van der Waals surface area contributed by atoms with Crippen LogP contribution in [0.25, 0.3) is 0 Å². The first kappa shape index (κ1) is 17.7. The second-order valence-corrected chi connectivity index (χ2v) is 8.93. The summed E-state index contributed by atoms with van der Waals surface area (Å²) in [6, 6.07) is 0.592. The number of amides is 1. The first-order valence-electron chi connectivity index (χ1n) is 8.29. The van der Waals surface area contributed by atoms with E-state index in [9.17, 15) is 13.2 Å². The van der Waals surface area contributed by atoms with Crippen molar-refractivity contribution in [3.05, 3.63) is 0 Å². The molecule has 2 atom stereocenters. The van der Waals surface area contributed by atoms with Crippen molar-refractivity contribution in [1.82, 2.24) is 15.1 Å². The molecule has 0 bridgehead atoms. The highest BCUT2D eigenvalue weighted by Crippen LogP contribution is 2.16. The number of carbonyl (C=O) groups is 1. The number of piperidine rings is 1. The number of hydrogen-bond acceptors (Lipinski definition) is 5. The maximum atomic E-state index is 12.0. The Morgan fingerprint density at radius 3 is 2.73 bits per heavy atom. The summed E-state index contributed by atoms with van der Waals surface area (Å²) in [4.78, 5) is 16.3. The van der Waals surface area contributed by atoms with Crippen LogP contribution in [-0.4, -0.2) is 80.9 Å². The molecule has 0 aromatic carbocycles. The van der Waals surface area contributed by atoms with Crippen LogP contribution in [0.1, 0.15) is 32.6 Å². The van der Waals surface area contributed by atoms with Gasteiger partial charge in [-0.3, -0.25) is 14.6 Å². The summed E-state index contributed by atoms with van der Waals surface area (Å²) in [6.45, 7) is 5.20. The SMILES string of the molecule is CC1CCCCN1CCNC(=O)CN(C)C1CCS(=O)(=O)C1. The molecule has 2 unspecified atom stereocenters. The maximum absolute atomic E-state index is 12.0. The van der Waals surface area contributed by atoms with Crippen molar-refractivity contribution in [3.63, 3.8) is 0 Å². The number of hydrogen-bond donors (Lipinski definition) is 1. The topological polar surface area (TPSA) is 69.7 Å². The number of likely N-dealkylation sites (tertiary alicyclic amines) is 1. The van der Waals surface area contributed by atoms with Crippen molar-refractivity contribution in [2.45, 2.75) is 44.7 Å². The molecule has 2 heterocycles. The second kappa shape index (κ2) is 7.75. The molecule has 1 N–H and O–H groups in total. The van der Waals surface area contributed by atoms with Gasteiger partial charge in [-0.25, -0.2) is 8.42 Å². The third-order valence-electron chi connectivity index (χ3n) is 4.89. The fourth-order valence-corrected chi connectivity index (χ4v) is 5.17. The molecule has 0 radical (unpaired) electrons. The van der Waals surface area contributed by atoms with Gasteiger partial charge in [-0.1, -0.05) is 6.42 Å². The molecule has 0 aromatic rings. The van der Waals surface area contributed by atoms with Crippen molar-refractivity contribution in [1.29, 1.82) is 0 Å². The monoisotopic (exact) mass is 331 g/mol. The van der Waals surface area contributed by atoms with Gasteiger partial charge in [-0.15, -0.1) is 0 Å². The quantitative estimate of drug-likeness (QED) is 0.747. The Morgan fingerprint density at radius 1 is 1.32 bits per heavy atom. The summed E-state index contributed by atoms with van der Waals surface area (Å²) < 4.78 is 23.0. The van der Waals surface area contributed by atoms with Crippen molar-refractivity contribution < 1.29 is 13.2 Å². The summed E-state index contributed by atoms with van der Waals surface area (Å²) in [7, 11) is -1.06. The summed E-state index contributed by atoms with van der Waals surface area (Å²) in [5.41, 5.74) is 0. The van der Waals surface area contributed by atoms with Crippen LogP contribution in [0.3, 0.4) is 0 Å². The van der Waals surface area contributed by atoms with Crippen LogP contribution in [0.5, 0.6) is 0 Å². The lowest BCUT2D eigenvalue weighted by atomic mass is 10.0. The predicted molar refractivity (Wildman–Crippen MR) is 87.6 cm³/mol. The largest absolute Gasteiger partial charge is 0.354 e. The lowest BCUT2D eigenvalue weighted by molar-refractivity contribution is -0.122. The Bertz CT molecular complexity index is 480. The average molecular weight is 331 g/mol. The number of likely N-dealkylation sites (N-methyl/N-ethyl adjacent to an activating group) is 1. The summed E-state index contributed by atoms with van der Waals surface area (Å²) in [6.07, 6.45) is 4.43. The van der Waals surface area contributed by atoms with E-state index in [1.54, 1.807) is 0 Å². The number of sulfone groups is 1. The lowest BCUT2D eigenvalue weighted by Gasteiger charge is -2.33. The van der Waals surface area contributed by atoms with E-state index in [0.29, 0.717) is 19.0 Å². The Hall–Kier alpha value is -0.660. The molecule has 2 aliphatic heterocycles. The molecule has 0 saturated carbocycles. The van der Waals surface area contributed by atoms with Crippen LogP contribution in [0.15, 0.2) is 0 Å². The highest BCUT2D eigenvalue weighted by atomic mass is 32.2. The molecule has 0 aromatic heterocycles. The van der Waals surface area contributed by atoms with Gasteiger partial charge in [0, 0.05) is 25.2 Å². The van der Waals surface area contributed by atoms with Gasteiger partial charge in [0.1, 0.15) is 0 Å². The third-order valence-corrected chi connectivity index (χ3v) is 6.64. The van der Waals surface area contributed by atoms with E-state index in [2.05, 4.69) is 17.1 Å². The van der Waals surface area contributed by atoms with E-state index < -0.39 is 9.84 Å². The molecule has 22 heavy (non-hydrogen) atoms. The van der Waals surface area contributed by atoms with E-state index in [1.807, 2.05) is 11.9 Å². The van der Waals surface area contributed by atoms with Crippen molar-refractivity contribution >= 4 is 15.7 Å². The van der Waals surface area contributed by atoms with Gasteiger partial charge in [-0.2, -0.15) is 0 Å². The van der Waals surface area contributed by atoms with Crippen LogP contribution in [0.4, 0.5) is 0 Å². The molecule has 128 valence electrons. The molecule has 2 saturated heterocycles. The smallest absolute Gasteiger partial charge is 0.234 e. The van der Waals surface area contributed by atoms with Gasteiger partial charge in [0.05, 0.1) is 18.1 Å². The number of carbonyl (C=O) groups excluding carboxylic acids is 1. The fraction of sp³-hybridized carbons (Fsp3) is 0.933. The normalized spacial score (nSPS) is 28.9. The van der Waals surface area contributed by atoms with E-state index >= 15 is 0 Å². The van der Waals surface area contributed by atoms with Gasteiger partial charge in [-0.05, 0) is 39.8 Å². The molecular formula is C15H29N3O3S. The third kappa shape index (κ3) is 5.21. The van der Waals surface area contributed by atoms with Crippen LogP contribution in [0.2, 0.25) is 0 Å². The fourth-order valence-electron chi connectivity index (χ4n) is 3.36. The molecule has 6 nitrogen and oxygen atoms in total. The van der Waals surface area contributed by atoms with Crippen LogP contribution < -0.4 is 5.32 Å². The average Bonchev–Trinajstić information content (AvgIpc) is 2.81. The summed E-state index contributed by atoms with van der Waals surface area (Å²) >= 11 is 0. The van der Waals surface area contributed by atoms with Gasteiger partial charge < -0.3 is 5.32 Å². The zero-order valence-electron chi connectivity index (χ0n) is 13.8. The minimum atomic E-state index is -2.89. The molecule has 2 aliphatic rings. The zero-order valence-corrected chi connectivity index (χ0v) is 14.6. The van der Waals surface area contributed by atoms with Gasteiger partial charge in [0.2, 0.25) is 5.91 Å². The molecular weight excluding hydrogens is 302 g/mol. The Balaban J connectivity index is 1.65. The number of rotatable bonds is 6. The van der Waals surface area contributed by atoms with E-state index in [0.717, 1.165) is 13.1 Å². The Kier molecular flexibility index (Phi) is 6.23. The van der Waals surface area contributed by atoms with Crippen molar-refractivity contribution in [3.8, 4) is 0 Å². The standard InChI is InChI=1S/C15H29N3O3S/c1-13-5-3-4-8-18(13)9-7-16-15(19)11-17(2)14-6-10-22(20,21)12-14/h13-14H,3-12H2,1-2H3,(H,16,19). The minimum absolute atomic E-state index is 0.0159. The van der Waals surface area contributed by atoms with Crippen molar-refractivity contribution in [2.24, 2.45) is 0 Å². The van der Waals surface area contributed by atoms with E-state index in [4.69, 9.17) is 0 Å². The lowest BCUT2D eigenvalue weighted by Crippen LogP contribution is -2.45. The van der Waals surface area contributed by atoms with E-state index in [-0.39, 0.29) is 30.0 Å². The molecule has 7 heteroatoms. The molecule has 1 amide bonds. The molecule has 2 fully saturated rings. The first-order valence-corrected chi connectivity index (χ1v) is 10.1. The van der Waals surface area contributed by atoms with Crippen LogP contribution in [0, 0.1) is 0 Å². The van der Waals surface area contributed by atoms with Crippen LogP contribution >= 0.6 is 0 Å². The minimum Gasteiger partial charge on any atom is -0.354 e. The van der Waals surface area contributed by atoms with Crippen molar-refractivity contribution in [2.75, 3.05) is 44.7 Å². The number of nitrogens with one attached hydrogen (secondary N) is 1. The second-order valence-electron chi connectivity index (χ2n) is 6.70. The Morgan fingerprint density at radius 2 is 2.09 bits per heavy atom. The summed E-state index contributed by atoms with van der Waals surface area (Å²) in [5.74, 6) is 0.412. The highest BCUT2D eigenvalue weighted by Gasteiger charge is 2.31. The summed E-state index contributed by atoms with van der Waals surface area (Å²) in [5, 5.41) is 2.95. The number of nitrogens with zero attached hydrogens (tertiary/aromatic N) is 2.